The number of hydrogen-bond acceptors (Lipinski definition) is 8. The van der Waals surface area contributed by atoms with Crippen molar-refractivity contribution < 1.29 is 14.3 Å². The van der Waals surface area contributed by atoms with Gasteiger partial charge in [0.05, 0.1) is 48.0 Å². The lowest BCUT2D eigenvalue weighted by Crippen LogP contribution is -2.29. The van der Waals surface area contributed by atoms with Gasteiger partial charge in [0.25, 0.3) is 11.5 Å². The first-order valence-corrected chi connectivity index (χ1v) is 15.2. The van der Waals surface area contributed by atoms with Gasteiger partial charge < -0.3 is 9.47 Å². The average molecular weight is 585 g/mol. The number of amides is 1. The summed E-state index contributed by atoms with van der Waals surface area (Å²) in [5, 5.41) is 6.89. The zero-order valence-electron chi connectivity index (χ0n) is 22.6. The summed E-state index contributed by atoms with van der Waals surface area (Å²) in [5.41, 5.74) is 4.16. The van der Waals surface area contributed by atoms with Crippen LogP contribution in [0.1, 0.15) is 29.3 Å². The lowest BCUT2D eigenvalue weighted by molar-refractivity contribution is -0.130. The standard InChI is InChI=1S/C31H28N4O4S2/c1-38-23-12-8-20(9-13-23)26-18-27(21-10-14-24(39-2)15-11-21)35(33-26)28(36)19-41-31-32-25-16-17-40-29(25)30(37)34(31)22-6-4-3-5-7-22/h3-15,27H,16-19H2,1-2H3/t27-/m1/s1. The van der Waals surface area contributed by atoms with E-state index in [4.69, 9.17) is 19.6 Å². The molecule has 0 bridgehead atoms. The van der Waals surface area contributed by atoms with Crippen LogP contribution in [0, 0.1) is 0 Å². The van der Waals surface area contributed by atoms with Crippen molar-refractivity contribution in [2.45, 2.75) is 28.9 Å². The monoisotopic (exact) mass is 584 g/mol. The molecule has 0 radical (unpaired) electrons. The van der Waals surface area contributed by atoms with Crippen LogP contribution in [0.15, 0.2) is 98.8 Å². The predicted molar refractivity (Wildman–Crippen MR) is 162 cm³/mol. The fraction of sp³-hybridized carbons (Fsp3) is 0.226. The van der Waals surface area contributed by atoms with Gasteiger partial charge in [0.15, 0.2) is 5.16 Å². The van der Waals surface area contributed by atoms with Gasteiger partial charge in [-0.1, -0.05) is 42.1 Å². The number of hydrogen-bond donors (Lipinski definition) is 0. The normalized spacial score (nSPS) is 15.9. The first-order valence-electron chi connectivity index (χ1n) is 13.2. The molecule has 0 saturated heterocycles. The summed E-state index contributed by atoms with van der Waals surface area (Å²) in [6.07, 6.45) is 1.31. The summed E-state index contributed by atoms with van der Waals surface area (Å²) >= 11 is 2.81. The van der Waals surface area contributed by atoms with Gasteiger partial charge in [0.1, 0.15) is 11.5 Å². The summed E-state index contributed by atoms with van der Waals surface area (Å²) in [6.45, 7) is 0. The van der Waals surface area contributed by atoms with E-state index in [-0.39, 0.29) is 23.3 Å². The number of carbonyl (C=O) groups excluding carboxylic acids is 1. The number of benzene rings is 3. The van der Waals surface area contributed by atoms with Crippen LogP contribution in [0.5, 0.6) is 11.5 Å². The highest BCUT2D eigenvalue weighted by Crippen LogP contribution is 2.35. The van der Waals surface area contributed by atoms with Crippen molar-refractivity contribution in [3.8, 4) is 17.2 Å². The molecular weight excluding hydrogens is 556 g/mol. The maximum absolute atomic E-state index is 13.8. The zero-order chi connectivity index (χ0) is 28.3. The molecule has 0 saturated carbocycles. The van der Waals surface area contributed by atoms with Crippen molar-refractivity contribution in [2.24, 2.45) is 5.10 Å². The Hall–Kier alpha value is -4.02. The van der Waals surface area contributed by atoms with Gasteiger partial charge in [-0.3, -0.25) is 14.2 Å². The molecule has 3 heterocycles. The minimum atomic E-state index is -0.271. The van der Waals surface area contributed by atoms with Crippen molar-refractivity contribution in [1.29, 1.82) is 0 Å². The Labute approximate surface area is 246 Å². The fourth-order valence-corrected chi connectivity index (χ4v) is 6.88. The van der Waals surface area contributed by atoms with Crippen LogP contribution < -0.4 is 15.0 Å². The molecule has 1 amide bonds. The fourth-order valence-electron chi connectivity index (χ4n) is 4.97. The number of hydrazone groups is 1. The summed E-state index contributed by atoms with van der Waals surface area (Å²) < 4.78 is 12.3. The molecule has 0 aliphatic carbocycles. The van der Waals surface area contributed by atoms with Crippen molar-refractivity contribution in [2.75, 3.05) is 25.7 Å². The van der Waals surface area contributed by atoms with Crippen LogP contribution >= 0.6 is 23.5 Å². The highest BCUT2D eigenvalue weighted by molar-refractivity contribution is 8.00. The molecule has 6 rings (SSSR count). The zero-order valence-corrected chi connectivity index (χ0v) is 24.3. The number of rotatable bonds is 8. The molecule has 0 fully saturated rings. The Kier molecular flexibility index (Phi) is 7.84. The molecule has 0 spiro atoms. The van der Waals surface area contributed by atoms with E-state index in [1.807, 2.05) is 78.9 Å². The predicted octanol–water partition coefficient (Wildman–Crippen LogP) is 5.37. The quantitative estimate of drug-likeness (QED) is 0.203. The van der Waals surface area contributed by atoms with Crippen LogP contribution in [-0.4, -0.2) is 51.9 Å². The lowest BCUT2D eigenvalue weighted by atomic mass is 9.98. The average Bonchev–Trinajstić information content (AvgIpc) is 3.69. The van der Waals surface area contributed by atoms with Crippen molar-refractivity contribution in [1.82, 2.24) is 14.6 Å². The van der Waals surface area contributed by atoms with Gasteiger partial charge in [-0.15, -0.1) is 11.8 Å². The molecule has 0 unspecified atom stereocenters. The van der Waals surface area contributed by atoms with E-state index in [9.17, 15) is 9.59 Å². The second-order valence-electron chi connectivity index (χ2n) is 9.54. The van der Waals surface area contributed by atoms with E-state index in [0.717, 1.165) is 51.9 Å². The van der Waals surface area contributed by atoms with Crippen LogP contribution in [0.3, 0.4) is 0 Å². The summed E-state index contributed by atoms with van der Waals surface area (Å²) in [4.78, 5) is 32.8. The highest BCUT2D eigenvalue weighted by Gasteiger charge is 2.33. The van der Waals surface area contributed by atoms with E-state index < -0.39 is 0 Å². The Morgan fingerprint density at radius 3 is 2.34 bits per heavy atom. The highest BCUT2D eigenvalue weighted by atomic mass is 32.2. The van der Waals surface area contributed by atoms with Gasteiger partial charge >= 0.3 is 0 Å². The number of aromatic nitrogens is 2. The molecule has 10 heteroatoms. The molecule has 0 N–H and O–H groups in total. The minimum Gasteiger partial charge on any atom is -0.497 e. The van der Waals surface area contributed by atoms with Crippen molar-refractivity contribution >= 4 is 35.1 Å². The summed E-state index contributed by atoms with van der Waals surface area (Å²) in [6, 6.07) is 24.6. The second-order valence-corrected chi connectivity index (χ2v) is 11.6. The third-order valence-electron chi connectivity index (χ3n) is 7.10. The molecule has 8 nitrogen and oxygen atoms in total. The smallest absolute Gasteiger partial charge is 0.272 e. The second kappa shape index (κ2) is 11.8. The minimum absolute atomic E-state index is 0.0806. The number of ether oxygens (including phenoxy) is 2. The number of fused-ring (bicyclic) bond motifs is 1. The Morgan fingerprint density at radius 1 is 0.976 bits per heavy atom. The van der Waals surface area contributed by atoms with E-state index >= 15 is 0 Å². The SMILES string of the molecule is COc1ccc(C2=NN(C(=O)CSc3nc4c(c(=O)n3-c3ccccc3)SCC4)[C@@H](c3ccc(OC)cc3)C2)cc1. The molecule has 208 valence electrons. The number of nitrogens with zero attached hydrogens (tertiary/aromatic N) is 4. The van der Waals surface area contributed by atoms with Gasteiger partial charge in [-0.05, 0) is 59.7 Å². The Bertz CT molecular complexity index is 1660. The first-order chi connectivity index (χ1) is 20.1. The van der Waals surface area contributed by atoms with Gasteiger partial charge in [0.2, 0.25) is 0 Å². The lowest BCUT2D eigenvalue weighted by Gasteiger charge is -2.22. The molecular formula is C31H28N4O4S2. The van der Waals surface area contributed by atoms with Gasteiger partial charge in [0, 0.05) is 18.6 Å². The number of aryl methyl sites for hydroxylation is 1. The van der Waals surface area contributed by atoms with Crippen LogP contribution in [0.2, 0.25) is 0 Å². The van der Waals surface area contributed by atoms with E-state index in [1.54, 1.807) is 35.6 Å². The molecule has 2 aliphatic rings. The van der Waals surface area contributed by atoms with Crippen molar-refractivity contribution in [3.05, 3.63) is 106 Å². The third kappa shape index (κ3) is 5.49. The number of thioether (sulfide) groups is 2. The molecule has 2 aliphatic heterocycles. The molecule has 3 aromatic carbocycles. The van der Waals surface area contributed by atoms with Crippen molar-refractivity contribution in [3.63, 3.8) is 0 Å². The number of carbonyl (C=O) groups is 1. The van der Waals surface area contributed by atoms with Crippen LogP contribution in [0.25, 0.3) is 5.69 Å². The maximum atomic E-state index is 13.8. The van der Waals surface area contributed by atoms with E-state index in [0.29, 0.717) is 16.5 Å². The largest absolute Gasteiger partial charge is 0.497 e. The van der Waals surface area contributed by atoms with Gasteiger partial charge in [-0.2, -0.15) is 5.10 Å². The Morgan fingerprint density at radius 2 is 1.66 bits per heavy atom. The number of para-hydroxylation sites is 1. The molecule has 41 heavy (non-hydrogen) atoms. The summed E-state index contributed by atoms with van der Waals surface area (Å²) in [5.74, 6) is 2.25. The Balaban J connectivity index is 1.31. The van der Waals surface area contributed by atoms with E-state index in [1.165, 1.54) is 11.8 Å². The molecule has 4 aromatic rings. The van der Waals surface area contributed by atoms with Crippen LogP contribution in [-0.2, 0) is 11.2 Å². The van der Waals surface area contributed by atoms with Crippen LogP contribution in [0.4, 0.5) is 0 Å². The molecule has 1 atom stereocenters. The number of methoxy groups -OCH3 is 2. The summed E-state index contributed by atoms with van der Waals surface area (Å²) in [7, 11) is 3.26. The molecule has 1 aromatic heterocycles. The first kappa shape index (κ1) is 27.2. The van der Waals surface area contributed by atoms with Gasteiger partial charge in [-0.25, -0.2) is 9.99 Å². The maximum Gasteiger partial charge on any atom is 0.272 e. The topological polar surface area (TPSA) is 86.0 Å². The van der Waals surface area contributed by atoms with E-state index in [2.05, 4.69) is 0 Å². The third-order valence-corrected chi connectivity index (χ3v) is 9.13.